The van der Waals surface area contributed by atoms with Gasteiger partial charge in [0.15, 0.2) is 0 Å². The molecule has 1 aromatic heterocycles. The van der Waals surface area contributed by atoms with E-state index in [0.717, 1.165) is 5.32 Å². The number of esters is 1. The van der Waals surface area contributed by atoms with Gasteiger partial charge in [0, 0.05) is 18.6 Å². The van der Waals surface area contributed by atoms with Crippen LogP contribution < -0.4 is 5.32 Å². The molecular formula is C10H18N2O2Si. The largest absolute Gasteiger partial charge is 0.460 e. The SMILES string of the molecule is CCOC(=O)c1ncc([Si](C)(C)C)n1C. The Balaban J connectivity index is 3.04. The van der Waals surface area contributed by atoms with Crippen LogP contribution in [0.15, 0.2) is 6.20 Å². The van der Waals surface area contributed by atoms with Gasteiger partial charge in [-0.3, -0.25) is 0 Å². The van der Waals surface area contributed by atoms with Gasteiger partial charge in [0.25, 0.3) is 0 Å². The van der Waals surface area contributed by atoms with Crippen LogP contribution in [-0.4, -0.2) is 30.2 Å². The molecule has 0 aliphatic carbocycles. The lowest BCUT2D eigenvalue weighted by Gasteiger charge is -2.16. The van der Waals surface area contributed by atoms with Gasteiger partial charge in [-0.05, 0) is 6.92 Å². The van der Waals surface area contributed by atoms with Crippen molar-refractivity contribution in [1.82, 2.24) is 9.55 Å². The van der Waals surface area contributed by atoms with Crippen LogP contribution >= 0.6 is 0 Å². The number of nitrogens with zero attached hydrogens (tertiary/aromatic N) is 2. The molecule has 0 atom stereocenters. The highest BCUT2D eigenvalue weighted by Gasteiger charge is 2.24. The van der Waals surface area contributed by atoms with Crippen LogP contribution in [0.4, 0.5) is 0 Å². The number of rotatable bonds is 3. The summed E-state index contributed by atoms with van der Waals surface area (Å²) in [6.07, 6.45) is 1.79. The van der Waals surface area contributed by atoms with Gasteiger partial charge in [0.1, 0.15) is 8.07 Å². The second kappa shape index (κ2) is 4.18. The normalized spacial score (nSPS) is 11.5. The van der Waals surface area contributed by atoms with Crippen LogP contribution in [0.2, 0.25) is 19.6 Å². The van der Waals surface area contributed by atoms with Gasteiger partial charge in [-0.25, -0.2) is 9.78 Å². The van der Waals surface area contributed by atoms with Crippen LogP contribution in [0.5, 0.6) is 0 Å². The van der Waals surface area contributed by atoms with Gasteiger partial charge in [-0.1, -0.05) is 19.6 Å². The van der Waals surface area contributed by atoms with Crippen molar-refractivity contribution in [2.24, 2.45) is 7.05 Å². The Morgan fingerprint density at radius 1 is 1.53 bits per heavy atom. The molecule has 0 spiro atoms. The van der Waals surface area contributed by atoms with E-state index in [1.54, 1.807) is 13.1 Å². The van der Waals surface area contributed by atoms with Gasteiger partial charge < -0.3 is 9.30 Å². The second-order valence-corrected chi connectivity index (χ2v) is 9.51. The average Bonchev–Trinajstić information content (AvgIpc) is 2.46. The predicted octanol–water partition coefficient (Wildman–Crippen LogP) is 1.14. The first kappa shape index (κ1) is 12.0. The molecule has 15 heavy (non-hydrogen) atoms. The van der Waals surface area contributed by atoms with Crippen molar-refractivity contribution in [3.8, 4) is 0 Å². The van der Waals surface area contributed by atoms with Crippen LogP contribution in [-0.2, 0) is 11.8 Å². The molecule has 0 fully saturated rings. The lowest BCUT2D eigenvalue weighted by molar-refractivity contribution is 0.0508. The molecule has 5 heteroatoms. The Bertz CT molecular complexity index is 366. The Hall–Kier alpha value is -1.10. The van der Waals surface area contributed by atoms with E-state index in [9.17, 15) is 4.79 Å². The van der Waals surface area contributed by atoms with Crippen molar-refractivity contribution < 1.29 is 9.53 Å². The summed E-state index contributed by atoms with van der Waals surface area (Å²) in [4.78, 5) is 15.6. The smallest absolute Gasteiger partial charge is 0.374 e. The zero-order chi connectivity index (χ0) is 11.6. The highest BCUT2D eigenvalue weighted by Crippen LogP contribution is 2.04. The number of aromatic nitrogens is 2. The maximum Gasteiger partial charge on any atom is 0.374 e. The monoisotopic (exact) mass is 226 g/mol. The third-order valence-corrected chi connectivity index (χ3v) is 4.22. The molecule has 4 nitrogen and oxygen atoms in total. The lowest BCUT2D eigenvalue weighted by Crippen LogP contribution is -2.42. The van der Waals surface area contributed by atoms with Gasteiger partial charge in [-0.15, -0.1) is 0 Å². The Labute approximate surface area is 91.3 Å². The van der Waals surface area contributed by atoms with E-state index in [1.165, 1.54) is 0 Å². The second-order valence-electron chi connectivity index (χ2n) is 4.50. The summed E-state index contributed by atoms with van der Waals surface area (Å²) in [5.41, 5.74) is 0. The molecule has 0 saturated carbocycles. The van der Waals surface area contributed by atoms with E-state index in [1.807, 2.05) is 11.6 Å². The molecule has 0 unspecified atom stereocenters. The number of carbonyl (C=O) groups is 1. The molecule has 0 aliphatic heterocycles. The highest BCUT2D eigenvalue weighted by molar-refractivity contribution is 6.88. The summed E-state index contributed by atoms with van der Waals surface area (Å²) in [7, 11) is 0.435. The zero-order valence-electron chi connectivity index (χ0n) is 10.00. The van der Waals surface area contributed by atoms with Crippen LogP contribution in [0.1, 0.15) is 17.5 Å². The molecule has 0 bridgehead atoms. The van der Waals surface area contributed by atoms with Crippen LogP contribution in [0.3, 0.4) is 0 Å². The predicted molar refractivity (Wildman–Crippen MR) is 62.1 cm³/mol. The summed E-state index contributed by atoms with van der Waals surface area (Å²) in [6.45, 7) is 8.84. The maximum atomic E-state index is 11.5. The molecule has 84 valence electrons. The maximum absolute atomic E-state index is 11.5. The summed E-state index contributed by atoms with van der Waals surface area (Å²) in [5.74, 6) is 0.0544. The van der Waals surface area contributed by atoms with E-state index in [2.05, 4.69) is 24.6 Å². The summed E-state index contributed by atoms with van der Waals surface area (Å²) >= 11 is 0. The fourth-order valence-electron chi connectivity index (χ4n) is 1.49. The van der Waals surface area contributed by atoms with Crippen molar-refractivity contribution in [2.75, 3.05) is 6.61 Å². The first-order valence-electron chi connectivity index (χ1n) is 5.07. The number of ether oxygens (including phenoxy) is 1. The lowest BCUT2D eigenvalue weighted by atomic mass is 10.6. The zero-order valence-corrected chi connectivity index (χ0v) is 11.0. The van der Waals surface area contributed by atoms with Gasteiger partial charge in [0.2, 0.25) is 5.82 Å². The number of hydrogen-bond acceptors (Lipinski definition) is 3. The molecule has 0 aliphatic rings. The minimum Gasteiger partial charge on any atom is -0.460 e. The minimum atomic E-state index is -1.43. The molecule has 0 aromatic carbocycles. The number of carbonyl (C=O) groups excluding carboxylic acids is 1. The number of hydrogen-bond donors (Lipinski definition) is 0. The molecule has 0 saturated heterocycles. The van der Waals surface area contributed by atoms with Crippen molar-refractivity contribution in [3.63, 3.8) is 0 Å². The molecule has 1 rings (SSSR count). The molecule has 1 heterocycles. The molecule has 0 radical (unpaired) electrons. The van der Waals surface area contributed by atoms with Crippen molar-refractivity contribution in [2.45, 2.75) is 26.6 Å². The quantitative estimate of drug-likeness (QED) is 0.573. The standard InChI is InChI=1S/C10H18N2O2Si/c1-6-14-10(13)9-11-7-8(12(9)2)15(3,4)5/h7H,6H2,1-5H3. The summed E-state index contributed by atoms with van der Waals surface area (Å²) in [6, 6.07) is 0. The summed E-state index contributed by atoms with van der Waals surface area (Å²) in [5, 5.41) is 1.16. The van der Waals surface area contributed by atoms with E-state index in [0.29, 0.717) is 12.4 Å². The number of imidazole rings is 1. The van der Waals surface area contributed by atoms with E-state index >= 15 is 0 Å². The first-order valence-corrected chi connectivity index (χ1v) is 8.57. The average molecular weight is 226 g/mol. The van der Waals surface area contributed by atoms with Crippen molar-refractivity contribution in [3.05, 3.63) is 12.0 Å². The Kier molecular flexibility index (Phi) is 3.34. The van der Waals surface area contributed by atoms with Gasteiger partial charge in [0.05, 0.1) is 6.61 Å². The Morgan fingerprint density at radius 3 is 2.53 bits per heavy atom. The molecule has 0 amide bonds. The van der Waals surface area contributed by atoms with E-state index in [4.69, 9.17) is 4.74 Å². The van der Waals surface area contributed by atoms with E-state index < -0.39 is 8.07 Å². The third kappa shape index (κ3) is 2.47. The highest BCUT2D eigenvalue weighted by atomic mass is 28.3. The fraction of sp³-hybridized carbons (Fsp3) is 0.600. The van der Waals surface area contributed by atoms with E-state index in [-0.39, 0.29) is 5.97 Å². The van der Waals surface area contributed by atoms with Crippen LogP contribution in [0.25, 0.3) is 0 Å². The topological polar surface area (TPSA) is 44.1 Å². The Morgan fingerprint density at radius 2 is 2.13 bits per heavy atom. The molecular weight excluding hydrogens is 208 g/mol. The minimum absolute atomic E-state index is 0.343. The third-order valence-electron chi connectivity index (χ3n) is 2.21. The summed E-state index contributed by atoms with van der Waals surface area (Å²) < 4.78 is 6.78. The van der Waals surface area contributed by atoms with Crippen molar-refractivity contribution in [1.29, 1.82) is 0 Å². The van der Waals surface area contributed by atoms with Gasteiger partial charge in [-0.2, -0.15) is 0 Å². The van der Waals surface area contributed by atoms with Crippen molar-refractivity contribution >= 4 is 19.4 Å². The fourth-order valence-corrected chi connectivity index (χ4v) is 3.06. The van der Waals surface area contributed by atoms with Gasteiger partial charge >= 0.3 is 5.97 Å². The molecule has 0 N–H and O–H groups in total. The first-order chi connectivity index (χ1) is 6.88. The molecule has 1 aromatic rings. The van der Waals surface area contributed by atoms with Crippen LogP contribution in [0, 0.1) is 0 Å².